The first-order valence-corrected chi connectivity index (χ1v) is 6.40. The molecule has 0 radical (unpaired) electrons. The van der Waals surface area contributed by atoms with Crippen LogP contribution in [0.1, 0.15) is 47.6 Å². The number of aromatic nitrogens is 2. The molecule has 1 saturated heterocycles. The molecular formula is C13H21N3O. The van der Waals surface area contributed by atoms with Crippen molar-refractivity contribution in [3.8, 4) is 0 Å². The Hall–Kier alpha value is -1.16. The predicted molar refractivity (Wildman–Crippen MR) is 67.5 cm³/mol. The van der Waals surface area contributed by atoms with Gasteiger partial charge in [-0.05, 0) is 39.8 Å². The molecule has 2 rings (SSSR count). The zero-order valence-electron chi connectivity index (χ0n) is 10.9. The first-order valence-electron chi connectivity index (χ1n) is 6.40. The van der Waals surface area contributed by atoms with Gasteiger partial charge in [-0.25, -0.2) is 0 Å². The monoisotopic (exact) mass is 235 g/mol. The first-order chi connectivity index (χ1) is 8.17. The van der Waals surface area contributed by atoms with Crippen LogP contribution in [-0.4, -0.2) is 40.6 Å². The lowest BCUT2D eigenvalue weighted by Crippen LogP contribution is -2.37. The number of likely N-dealkylation sites (tertiary alicyclic amines) is 1. The second kappa shape index (κ2) is 5.00. The topological polar surface area (TPSA) is 38.1 Å². The highest BCUT2D eigenvalue weighted by Gasteiger charge is 2.23. The molecule has 0 aromatic carbocycles. The van der Waals surface area contributed by atoms with E-state index in [-0.39, 0.29) is 0 Å². The quantitative estimate of drug-likeness (QED) is 0.752. The molecule has 1 fully saturated rings. The number of hydrogen-bond donors (Lipinski definition) is 0. The van der Waals surface area contributed by atoms with Crippen molar-refractivity contribution in [3.63, 3.8) is 0 Å². The van der Waals surface area contributed by atoms with E-state index in [0.29, 0.717) is 6.04 Å². The smallest absolute Gasteiger partial charge is 0.153 e. The van der Waals surface area contributed by atoms with Gasteiger partial charge in [0.2, 0.25) is 0 Å². The van der Waals surface area contributed by atoms with E-state index in [0.717, 1.165) is 42.7 Å². The normalized spacial score (nSPS) is 21.7. The van der Waals surface area contributed by atoms with Gasteiger partial charge in [0.1, 0.15) is 0 Å². The maximum absolute atomic E-state index is 11.0. The molecule has 1 aromatic heterocycles. The number of piperidine rings is 1. The fourth-order valence-electron chi connectivity index (χ4n) is 2.72. The van der Waals surface area contributed by atoms with Gasteiger partial charge in [-0.2, -0.15) is 5.10 Å². The summed E-state index contributed by atoms with van der Waals surface area (Å²) >= 11 is 0. The number of nitrogens with zero attached hydrogens (tertiary/aromatic N) is 3. The Morgan fingerprint density at radius 2 is 2.24 bits per heavy atom. The Labute approximate surface area is 103 Å². The van der Waals surface area contributed by atoms with E-state index in [4.69, 9.17) is 0 Å². The van der Waals surface area contributed by atoms with Gasteiger partial charge < -0.3 is 4.90 Å². The summed E-state index contributed by atoms with van der Waals surface area (Å²) in [7, 11) is 0. The molecule has 2 heterocycles. The maximum atomic E-state index is 11.0. The van der Waals surface area contributed by atoms with E-state index in [2.05, 4.69) is 21.6 Å². The Bertz CT molecular complexity index is 411. The van der Waals surface area contributed by atoms with Crippen LogP contribution in [0.5, 0.6) is 0 Å². The van der Waals surface area contributed by atoms with Crippen LogP contribution in [0, 0.1) is 13.8 Å². The van der Waals surface area contributed by atoms with Gasteiger partial charge in [0.05, 0.1) is 17.3 Å². The van der Waals surface area contributed by atoms with E-state index in [1.54, 1.807) is 0 Å². The molecule has 1 atom stereocenters. The largest absolute Gasteiger partial charge is 0.301 e. The van der Waals surface area contributed by atoms with Gasteiger partial charge >= 0.3 is 0 Å². The molecule has 0 bridgehead atoms. The summed E-state index contributed by atoms with van der Waals surface area (Å²) in [5, 5.41) is 4.53. The highest BCUT2D eigenvalue weighted by atomic mass is 16.1. The van der Waals surface area contributed by atoms with Crippen molar-refractivity contribution in [3.05, 3.63) is 17.0 Å². The van der Waals surface area contributed by atoms with Gasteiger partial charge in [-0.15, -0.1) is 0 Å². The third-order valence-electron chi connectivity index (χ3n) is 3.77. The zero-order chi connectivity index (χ0) is 12.4. The standard InChI is InChI=1S/C13H21N3O/c1-4-15-7-5-6-12(8-15)16-11(3)13(9-17)10(2)14-16/h9,12H,4-8H2,1-3H3. The van der Waals surface area contributed by atoms with Crippen LogP contribution < -0.4 is 0 Å². The van der Waals surface area contributed by atoms with Crippen LogP contribution in [-0.2, 0) is 0 Å². The highest BCUT2D eigenvalue weighted by molar-refractivity contribution is 5.78. The van der Waals surface area contributed by atoms with Crippen LogP contribution in [0.3, 0.4) is 0 Å². The minimum Gasteiger partial charge on any atom is -0.301 e. The number of likely N-dealkylation sites (N-methyl/N-ethyl adjacent to an activating group) is 1. The van der Waals surface area contributed by atoms with Crippen molar-refractivity contribution in [2.24, 2.45) is 0 Å². The lowest BCUT2D eigenvalue weighted by atomic mass is 10.1. The summed E-state index contributed by atoms with van der Waals surface area (Å²) in [6.45, 7) is 9.43. The third kappa shape index (κ3) is 2.27. The predicted octanol–water partition coefficient (Wildman–Crippen LogP) is 1.97. The fourth-order valence-corrected chi connectivity index (χ4v) is 2.72. The Kier molecular flexibility index (Phi) is 3.62. The molecule has 1 unspecified atom stereocenters. The van der Waals surface area contributed by atoms with Crippen molar-refractivity contribution in [2.45, 2.75) is 39.7 Å². The molecule has 0 spiro atoms. The Balaban J connectivity index is 2.24. The summed E-state index contributed by atoms with van der Waals surface area (Å²) in [5.74, 6) is 0. The number of carbonyl (C=O) groups excluding carboxylic acids is 1. The average Bonchev–Trinajstić information content (AvgIpc) is 2.64. The van der Waals surface area contributed by atoms with Gasteiger partial charge in [0.25, 0.3) is 0 Å². The molecule has 1 aliphatic rings. The SMILES string of the molecule is CCN1CCCC(n2nc(C)c(C=O)c2C)C1. The molecular weight excluding hydrogens is 214 g/mol. The van der Waals surface area contributed by atoms with E-state index in [1.807, 2.05) is 13.8 Å². The van der Waals surface area contributed by atoms with Crippen LogP contribution >= 0.6 is 0 Å². The molecule has 1 aromatic rings. The molecule has 4 nitrogen and oxygen atoms in total. The molecule has 0 saturated carbocycles. The lowest BCUT2D eigenvalue weighted by molar-refractivity contribution is 0.112. The molecule has 0 N–H and O–H groups in total. The minimum absolute atomic E-state index is 0.427. The van der Waals surface area contributed by atoms with Crippen molar-refractivity contribution >= 4 is 6.29 Å². The number of rotatable bonds is 3. The van der Waals surface area contributed by atoms with Gasteiger partial charge in [-0.3, -0.25) is 9.48 Å². The van der Waals surface area contributed by atoms with Crippen molar-refractivity contribution in [1.29, 1.82) is 0 Å². The molecule has 0 amide bonds. The number of aryl methyl sites for hydroxylation is 1. The maximum Gasteiger partial charge on any atom is 0.153 e. The second-order valence-corrected chi connectivity index (χ2v) is 4.84. The van der Waals surface area contributed by atoms with Crippen LogP contribution in [0.2, 0.25) is 0 Å². The molecule has 0 aliphatic carbocycles. The fraction of sp³-hybridized carbons (Fsp3) is 0.692. The Morgan fingerprint density at radius 3 is 2.82 bits per heavy atom. The Morgan fingerprint density at radius 1 is 1.47 bits per heavy atom. The second-order valence-electron chi connectivity index (χ2n) is 4.84. The molecule has 1 aliphatic heterocycles. The van der Waals surface area contributed by atoms with Crippen LogP contribution in [0.4, 0.5) is 0 Å². The van der Waals surface area contributed by atoms with Crippen LogP contribution in [0.15, 0.2) is 0 Å². The van der Waals surface area contributed by atoms with Gasteiger partial charge in [-0.1, -0.05) is 6.92 Å². The van der Waals surface area contributed by atoms with Crippen LogP contribution in [0.25, 0.3) is 0 Å². The molecule has 4 heteroatoms. The number of carbonyl (C=O) groups is 1. The van der Waals surface area contributed by atoms with E-state index in [1.165, 1.54) is 13.0 Å². The van der Waals surface area contributed by atoms with Gasteiger partial charge in [0.15, 0.2) is 6.29 Å². The van der Waals surface area contributed by atoms with E-state index in [9.17, 15) is 4.79 Å². The number of aldehydes is 1. The summed E-state index contributed by atoms with van der Waals surface area (Å²) in [6.07, 6.45) is 3.30. The first kappa shape index (κ1) is 12.3. The van der Waals surface area contributed by atoms with Crippen molar-refractivity contribution in [2.75, 3.05) is 19.6 Å². The van der Waals surface area contributed by atoms with Crippen molar-refractivity contribution in [1.82, 2.24) is 14.7 Å². The zero-order valence-corrected chi connectivity index (χ0v) is 10.9. The summed E-state index contributed by atoms with van der Waals surface area (Å²) in [5.41, 5.74) is 2.63. The summed E-state index contributed by atoms with van der Waals surface area (Å²) in [6, 6.07) is 0.427. The third-order valence-corrected chi connectivity index (χ3v) is 3.77. The number of hydrogen-bond acceptors (Lipinski definition) is 3. The molecule has 17 heavy (non-hydrogen) atoms. The summed E-state index contributed by atoms with van der Waals surface area (Å²) < 4.78 is 2.06. The lowest BCUT2D eigenvalue weighted by Gasteiger charge is -2.32. The van der Waals surface area contributed by atoms with E-state index >= 15 is 0 Å². The highest BCUT2D eigenvalue weighted by Crippen LogP contribution is 2.24. The minimum atomic E-state index is 0.427. The molecule has 94 valence electrons. The van der Waals surface area contributed by atoms with Crippen molar-refractivity contribution < 1.29 is 4.79 Å². The van der Waals surface area contributed by atoms with Gasteiger partial charge in [0, 0.05) is 12.2 Å². The average molecular weight is 235 g/mol. The van der Waals surface area contributed by atoms with E-state index < -0.39 is 0 Å². The summed E-state index contributed by atoms with van der Waals surface area (Å²) in [4.78, 5) is 13.5.